The van der Waals surface area contributed by atoms with Gasteiger partial charge in [-0.05, 0) is 42.8 Å². The van der Waals surface area contributed by atoms with Crippen LogP contribution in [-0.4, -0.2) is 19.5 Å². The Morgan fingerprint density at radius 2 is 2.14 bits per heavy atom. The highest BCUT2D eigenvalue weighted by atomic mass is 16.3. The Labute approximate surface area is 124 Å². The van der Waals surface area contributed by atoms with Gasteiger partial charge in [0.25, 0.3) is 0 Å². The summed E-state index contributed by atoms with van der Waals surface area (Å²) >= 11 is 0. The van der Waals surface area contributed by atoms with Crippen LogP contribution < -0.4 is 10.2 Å². The van der Waals surface area contributed by atoms with Crippen LogP contribution in [-0.2, 0) is 11.2 Å². The Morgan fingerprint density at radius 3 is 2.81 bits per heavy atom. The SMILES string of the molecule is CCNC(c1ccc2c(c1)CC(=O)N2C)c1ccc(C)o1. The molecule has 1 N–H and O–H groups in total. The van der Waals surface area contributed by atoms with Crippen LogP contribution in [0.15, 0.2) is 34.7 Å². The molecule has 0 fully saturated rings. The van der Waals surface area contributed by atoms with Gasteiger partial charge in [0.05, 0.1) is 12.5 Å². The van der Waals surface area contributed by atoms with E-state index in [0.29, 0.717) is 6.42 Å². The van der Waals surface area contributed by atoms with E-state index in [9.17, 15) is 4.79 Å². The van der Waals surface area contributed by atoms with Crippen molar-refractivity contribution in [3.05, 3.63) is 53.0 Å². The molecule has 0 radical (unpaired) electrons. The zero-order valence-corrected chi connectivity index (χ0v) is 12.6. The number of nitrogens with one attached hydrogen (secondary N) is 1. The smallest absolute Gasteiger partial charge is 0.231 e. The van der Waals surface area contributed by atoms with Gasteiger partial charge in [0, 0.05) is 12.7 Å². The van der Waals surface area contributed by atoms with Crippen LogP contribution >= 0.6 is 0 Å². The first kappa shape index (κ1) is 13.9. The van der Waals surface area contributed by atoms with Crippen molar-refractivity contribution in [1.29, 1.82) is 0 Å². The number of amides is 1. The molecule has 1 unspecified atom stereocenters. The molecule has 1 aliphatic heterocycles. The van der Waals surface area contributed by atoms with E-state index in [1.807, 2.05) is 32.2 Å². The predicted octanol–water partition coefficient (Wildman–Crippen LogP) is 2.81. The van der Waals surface area contributed by atoms with Crippen molar-refractivity contribution >= 4 is 11.6 Å². The van der Waals surface area contributed by atoms with Crippen molar-refractivity contribution in [3.63, 3.8) is 0 Å². The van der Waals surface area contributed by atoms with Crippen molar-refractivity contribution in [2.45, 2.75) is 26.3 Å². The summed E-state index contributed by atoms with van der Waals surface area (Å²) in [7, 11) is 1.82. The summed E-state index contributed by atoms with van der Waals surface area (Å²) in [4.78, 5) is 13.5. The maximum atomic E-state index is 11.8. The molecular formula is C17H20N2O2. The van der Waals surface area contributed by atoms with Crippen molar-refractivity contribution in [3.8, 4) is 0 Å². The molecule has 1 atom stereocenters. The van der Waals surface area contributed by atoms with Gasteiger partial charge in [0.1, 0.15) is 11.5 Å². The number of nitrogens with zero attached hydrogens (tertiary/aromatic N) is 1. The summed E-state index contributed by atoms with van der Waals surface area (Å²) in [5.41, 5.74) is 3.23. The molecule has 0 saturated heterocycles. The molecule has 4 heteroatoms. The fraction of sp³-hybridized carbons (Fsp3) is 0.353. The highest BCUT2D eigenvalue weighted by Crippen LogP contribution is 2.32. The molecule has 4 nitrogen and oxygen atoms in total. The standard InChI is InChI=1S/C17H20N2O2/c1-4-18-17(15-8-5-11(2)21-15)12-6-7-14-13(9-12)10-16(20)19(14)3/h5-9,17-18H,4,10H2,1-3H3. The number of likely N-dealkylation sites (N-methyl/N-ethyl adjacent to an activating group) is 1. The summed E-state index contributed by atoms with van der Waals surface area (Å²) in [6.45, 7) is 4.87. The quantitative estimate of drug-likeness (QED) is 0.939. The van der Waals surface area contributed by atoms with Crippen molar-refractivity contribution in [1.82, 2.24) is 5.32 Å². The minimum Gasteiger partial charge on any atom is -0.464 e. The maximum absolute atomic E-state index is 11.8. The summed E-state index contributed by atoms with van der Waals surface area (Å²) in [6.07, 6.45) is 0.482. The Bertz CT molecular complexity index is 675. The maximum Gasteiger partial charge on any atom is 0.231 e. The zero-order valence-electron chi connectivity index (χ0n) is 12.6. The van der Waals surface area contributed by atoms with Gasteiger partial charge in [-0.15, -0.1) is 0 Å². The first-order valence-electron chi connectivity index (χ1n) is 7.29. The van der Waals surface area contributed by atoms with E-state index in [-0.39, 0.29) is 11.9 Å². The number of hydrogen-bond donors (Lipinski definition) is 1. The lowest BCUT2D eigenvalue weighted by Crippen LogP contribution is -2.21. The average Bonchev–Trinajstić information content (AvgIpc) is 3.01. The number of benzene rings is 1. The molecule has 0 spiro atoms. The summed E-state index contributed by atoms with van der Waals surface area (Å²) in [5.74, 6) is 1.96. The molecule has 0 bridgehead atoms. The summed E-state index contributed by atoms with van der Waals surface area (Å²) < 4.78 is 5.77. The van der Waals surface area contributed by atoms with Crippen molar-refractivity contribution in [2.75, 3.05) is 18.5 Å². The van der Waals surface area contributed by atoms with E-state index in [1.165, 1.54) is 0 Å². The van der Waals surface area contributed by atoms with E-state index in [1.54, 1.807) is 4.90 Å². The van der Waals surface area contributed by atoms with Crippen molar-refractivity contribution in [2.24, 2.45) is 0 Å². The molecule has 1 aromatic heterocycles. The first-order chi connectivity index (χ1) is 10.1. The molecule has 1 amide bonds. The van der Waals surface area contributed by atoms with E-state index in [0.717, 1.165) is 34.9 Å². The zero-order chi connectivity index (χ0) is 15.0. The Kier molecular flexibility index (Phi) is 3.55. The predicted molar refractivity (Wildman–Crippen MR) is 82.5 cm³/mol. The second-order valence-corrected chi connectivity index (χ2v) is 5.46. The number of aryl methyl sites for hydroxylation is 1. The minimum atomic E-state index is 0.0232. The number of furan rings is 1. The van der Waals surface area contributed by atoms with E-state index >= 15 is 0 Å². The first-order valence-corrected chi connectivity index (χ1v) is 7.29. The molecule has 0 saturated carbocycles. The minimum absolute atomic E-state index is 0.0232. The molecule has 2 aromatic rings. The number of rotatable bonds is 4. The molecule has 2 heterocycles. The highest BCUT2D eigenvalue weighted by molar-refractivity contribution is 6.00. The second kappa shape index (κ2) is 5.37. The fourth-order valence-electron chi connectivity index (χ4n) is 2.87. The topological polar surface area (TPSA) is 45.5 Å². The Balaban J connectivity index is 1.98. The largest absolute Gasteiger partial charge is 0.464 e. The fourth-order valence-corrected chi connectivity index (χ4v) is 2.87. The molecule has 21 heavy (non-hydrogen) atoms. The van der Waals surface area contributed by atoms with Crippen LogP contribution in [0.1, 0.15) is 35.6 Å². The monoisotopic (exact) mass is 284 g/mol. The van der Waals surface area contributed by atoms with Gasteiger partial charge in [-0.3, -0.25) is 4.79 Å². The van der Waals surface area contributed by atoms with Gasteiger partial charge in [-0.1, -0.05) is 19.1 Å². The molecular weight excluding hydrogens is 264 g/mol. The van der Waals surface area contributed by atoms with Crippen molar-refractivity contribution < 1.29 is 9.21 Å². The lowest BCUT2D eigenvalue weighted by atomic mass is 10.0. The number of fused-ring (bicyclic) bond motifs is 1. The number of anilines is 1. The number of hydrogen-bond acceptors (Lipinski definition) is 3. The third-order valence-electron chi connectivity index (χ3n) is 3.97. The van der Waals surface area contributed by atoms with Gasteiger partial charge >= 0.3 is 0 Å². The van der Waals surface area contributed by atoms with Gasteiger partial charge in [0.15, 0.2) is 0 Å². The van der Waals surface area contributed by atoms with Crippen LogP contribution in [0.5, 0.6) is 0 Å². The van der Waals surface area contributed by atoms with Crippen LogP contribution in [0.4, 0.5) is 5.69 Å². The molecule has 0 aliphatic carbocycles. The lowest BCUT2D eigenvalue weighted by molar-refractivity contribution is -0.117. The normalized spacial score (nSPS) is 15.4. The van der Waals surface area contributed by atoms with Gasteiger partial charge in [-0.25, -0.2) is 0 Å². The third-order valence-corrected chi connectivity index (χ3v) is 3.97. The molecule has 110 valence electrons. The van der Waals surface area contributed by atoms with Crippen LogP contribution in [0.2, 0.25) is 0 Å². The van der Waals surface area contributed by atoms with E-state index in [4.69, 9.17) is 4.42 Å². The van der Waals surface area contributed by atoms with E-state index < -0.39 is 0 Å². The average molecular weight is 284 g/mol. The number of carbonyl (C=O) groups is 1. The highest BCUT2D eigenvalue weighted by Gasteiger charge is 2.26. The number of carbonyl (C=O) groups excluding carboxylic acids is 1. The van der Waals surface area contributed by atoms with Gasteiger partial charge in [-0.2, -0.15) is 0 Å². The van der Waals surface area contributed by atoms with Crippen LogP contribution in [0, 0.1) is 6.92 Å². The second-order valence-electron chi connectivity index (χ2n) is 5.46. The molecule has 3 rings (SSSR count). The summed E-state index contributed by atoms with van der Waals surface area (Å²) in [5, 5.41) is 3.45. The Hall–Kier alpha value is -2.07. The van der Waals surface area contributed by atoms with Crippen LogP contribution in [0.3, 0.4) is 0 Å². The van der Waals surface area contributed by atoms with Gasteiger partial charge in [0.2, 0.25) is 5.91 Å². The molecule has 1 aromatic carbocycles. The lowest BCUT2D eigenvalue weighted by Gasteiger charge is -2.18. The molecule has 1 aliphatic rings. The Morgan fingerprint density at radius 1 is 1.33 bits per heavy atom. The summed E-state index contributed by atoms with van der Waals surface area (Å²) in [6, 6.07) is 10.2. The van der Waals surface area contributed by atoms with Crippen LogP contribution in [0.25, 0.3) is 0 Å². The third kappa shape index (κ3) is 2.47. The van der Waals surface area contributed by atoms with Gasteiger partial charge < -0.3 is 14.6 Å². The van der Waals surface area contributed by atoms with E-state index in [2.05, 4.69) is 24.4 Å².